The molecule has 172 valence electrons. The molecule has 0 N–H and O–H groups in total. The quantitative estimate of drug-likeness (QED) is 0.252. The van der Waals surface area contributed by atoms with Gasteiger partial charge in [-0.2, -0.15) is 30.7 Å². The molecule has 0 aromatic rings. The summed E-state index contributed by atoms with van der Waals surface area (Å²) in [5.41, 5.74) is 0. The van der Waals surface area contributed by atoms with Gasteiger partial charge in [0.25, 0.3) is 0 Å². The van der Waals surface area contributed by atoms with E-state index in [-0.39, 0.29) is 18.8 Å². The molecule has 2 aliphatic carbocycles. The van der Waals surface area contributed by atoms with E-state index in [4.69, 9.17) is 0 Å². The van der Waals surface area contributed by atoms with Gasteiger partial charge in [-0.1, -0.05) is 71.1 Å². The highest BCUT2D eigenvalue weighted by atomic mass is 19.4. The van der Waals surface area contributed by atoms with Crippen LogP contribution in [0.3, 0.4) is 0 Å². The highest BCUT2D eigenvalue weighted by Gasteiger charge is 2.74. The Morgan fingerprint density at radius 1 is 0.586 bits per heavy atom. The molecule has 0 spiro atoms. The fourth-order valence-corrected chi connectivity index (χ4v) is 5.22. The maximum atomic E-state index is 13.9. The van der Waals surface area contributed by atoms with Crippen LogP contribution in [-0.2, 0) is 0 Å². The summed E-state index contributed by atoms with van der Waals surface area (Å²) in [5, 5.41) is 0. The van der Waals surface area contributed by atoms with E-state index in [9.17, 15) is 30.7 Å². The zero-order valence-electron chi connectivity index (χ0n) is 17.4. The van der Waals surface area contributed by atoms with Crippen molar-refractivity contribution in [1.82, 2.24) is 0 Å². The minimum absolute atomic E-state index is 0.170. The number of unbranched alkanes of at least 4 members (excludes halogenated alkanes) is 2. The molecule has 0 bridgehead atoms. The second-order valence-corrected chi connectivity index (χ2v) is 9.37. The Morgan fingerprint density at radius 3 is 1.41 bits per heavy atom. The standard InChI is InChI=1S/C22H35F7/c1-2-3-4-5-16-6-8-17(9-7-16)10-11-18-12-14-19(15-13-18)20(23,24)21(25,26)22(27,28)29/h16-19H,2-15H2,1H3. The van der Waals surface area contributed by atoms with Crippen molar-refractivity contribution >= 4 is 0 Å². The Hall–Kier alpha value is -0.490. The maximum Gasteiger partial charge on any atom is 0.459 e. The summed E-state index contributed by atoms with van der Waals surface area (Å²) in [6.07, 6.45) is 5.82. The highest BCUT2D eigenvalue weighted by Crippen LogP contribution is 2.53. The van der Waals surface area contributed by atoms with Gasteiger partial charge in [0.2, 0.25) is 0 Å². The third kappa shape index (κ3) is 6.25. The lowest BCUT2D eigenvalue weighted by Crippen LogP contribution is -2.56. The van der Waals surface area contributed by atoms with Gasteiger partial charge < -0.3 is 0 Å². The average molecular weight is 433 g/mol. The normalized spacial score (nSPS) is 29.8. The minimum Gasteiger partial charge on any atom is -0.199 e. The first kappa shape index (κ1) is 24.8. The molecule has 2 saturated carbocycles. The summed E-state index contributed by atoms with van der Waals surface area (Å²) in [4.78, 5) is 0. The first-order valence-corrected chi connectivity index (χ1v) is 11.3. The molecule has 0 aromatic heterocycles. The van der Waals surface area contributed by atoms with Gasteiger partial charge in [-0.05, 0) is 43.4 Å². The van der Waals surface area contributed by atoms with Crippen LogP contribution in [0.2, 0.25) is 0 Å². The van der Waals surface area contributed by atoms with Crippen molar-refractivity contribution in [2.24, 2.45) is 23.7 Å². The van der Waals surface area contributed by atoms with Gasteiger partial charge in [-0.25, -0.2) is 0 Å². The number of alkyl halides is 7. The summed E-state index contributed by atoms with van der Waals surface area (Å²) in [6.45, 7) is 2.20. The van der Waals surface area contributed by atoms with Crippen molar-refractivity contribution in [1.29, 1.82) is 0 Å². The topological polar surface area (TPSA) is 0 Å². The fourth-order valence-electron chi connectivity index (χ4n) is 5.22. The van der Waals surface area contributed by atoms with E-state index in [0.29, 0.717) is 18.8 Å². The summed E-state index contributed by atoms with van der Waals surface area (Å²) in [6, 6.07) is 0. The molecule has 0 aromatic carbocycles. The number of hydrogen-bond donors (Lipinski definition) is 0. The van der Waals surface area contributed by atoms with Crippen LogP contribution in [-0.4, -0.2) is 18.0 Å². The lowest BCUT2D eigenvalue weighted by atomic mass is 9.73. The van der Waals surface area contributed by atoms with Gasteiger partial charge in [0.1, 0.15) is 0 Å². The van der Waals surface area contributed by atoms with Crippen LogP contribution in [0, 0.1) is 23.7 Å². The molecule has 0 nitrogen and oxygen atoms in total. The van der Waals surface area contributed by atoms with Gasteiger partial charge in [0.05, 0.1) is 0 Å². The van der Waals surface area contributed by atoms with Crippen LogP contribution in [0.25, 0.3) is 0 Å². The third-order valence-electron chi connectivity index (χ3n) is 7.30. The second kappa shape index (κ2) is 10.2. The molecular formula is C22H35F7. The van der Waals surface area contributed by atoms with Crippen molar-refractivity contribution in [3.8, 4) is 0 Å². The monoisotopic (exact) mass is 432 g/mol. The van der Waals surface area contributed by atoms with E-state index in [1.807, 2.05) is 0 Å². The van der Waals surface area contributed by atoms with E-state index in [2.05, 4.69) is 6.92 Å². The van der Waals surface area contributed by atoms with Crippen molar-refractivity contribution in [2.75, 3.05) is 0 Å². The molecule has 0 saturated heterocycles. The van der Waals surface area contributed by atoms with Crippen LogP contribution in [0.1, 0.15) is 96.8 Å². The van der Waals surface area contributed by atoms with Crippen molar-refractivity contribution in [3.05, 3.63) is 0 Å². The van der Waals surface area contributed by atoms with Gasteiger partial charge in [-0.3, -0.25) is 0 Å². The molecule has 2 fully saturated rings. The Kier molecular flexibility index (Phi) is 8.73. The Labute approximate surface area is 170 Å². The van der Waals surface area contributed by atoms with E-state index in [1.54, 1.807) is 0 Å². The first-order valence-electron chi connectivity index (χ1n) is 11.3. The van der Waals surface area contributed by atoms with Crippen LogP contribution in [0.4, 0.5) is 30.7 Å². The molecule has 0 amide bonds. The molecular weight excluding hydrogens is 397 g/mol. The van der Waals surface area contributed by atoms with E-state index >= 15 is 0 Å². The fraction of sp³-hybridized carbons (Fsp3) is 1.00. The van der Waals surface area contributed by atoms with Crippen molar-refractivity contribution in [2.45, 2.75) is 115 Å². The predicted octanol–water partition coefficient (Wildman–Crippen LogP) is 8.79. The van der Waals surface area contributed by atoms with Crippen LogP contribution >= 0.6 is 0 Å². The summed E-state index contributed by atoms with van der Waals surface area (Å²) < 4.78 is 91.3. The summed E-state index contributed by atoms with van der Waals surface area (Å²) >= 11 is 0. The van der Waals surface area contributed by atoms with E-state index in [0.717, 1.165) is 18.8 Å². The van der Waals surface area contributed by atoms with Crippen LogP contribution in [0.15, 0.2) is 0 Å². The largest absolute Gasteiger partial charge is 0.459 e. The zero-order chi connectivity index (χ0) is 21.7. The molecule has 2 aliphatic rings. The molecule has 0 unspecified atom stereocenters. The minimum atomic E-state index is -6.22. The van der Waals surface area contributed by atoms with Gasteiger partial charge in [-0.15, -0.1) is 0 Å². The average Bonchev–Trinajstić information content (AvgIpc) is 2.67. The SMILES string of the molecule is CCCCCC1CCC(CCC2CCC(C(F)(F)C(F)(F)C(F)(F)F)CC2)CC1. The second-order valence-electron chi connectivity index (χ2n) is 9.37. The van der Waals surface area contributed by atoms with Gasteiger partial charge in [0.15, 0.2) is 0 Å². The van der Waals surface area contributed by atoms with Crippen molar-refractivity contribution < 1.29 is 30.7 Å². The van der Waals surface area contributed by atoms with Crippen LogP contribution in [0.5, 0.6) is 0 Å². The maximum absolute atomic E-state index is 13.9. The van der Waals surface area contributed by atoms with Crippen LogP contribution < -0.4 is 0 Å². The lowest BCUT2D eigenvalue weighted by Gasteiger charge is -2.38. The van der Waals surface area contributed by atoms with E-state index in [1.165, 1.54) is 51.4 Å². The Morgan fingerprint density at radius 2 is 1.00 bits per heavy atom. The number of halogens is 7. The highest BCUT2D eigenvalue weighted by molar-refractivity contribution is 4.97. The molecule has 0 aliphatic heterocycles. The molecule has 7 heteroatoms. The zero-order valence-corrected chi connectivity index (χ0v) is 17.4. The van der Waals surface area contributed by atoms with E-state index < -0.39 is 23.9 Å². The summed E-state index contributed by atoms with van der Waals surface area (Å²) in [7, 11) is 0. The number of hydrogen-bond acceptors (Lipinski definition) is 0. The van der Waals surface area contributed by atoms with Gasteiger partial charge in [0, 0.05) is 5.92 Å². The Bertz CT molecular complexity index is 470. The predicted molar refractivity (Wildman–Crippen MR) is 100 cm³/mol. The Balaban J connectivity index is 1.70. The first-order chi connectivity index (χ1) is 13.5. The number of rotatable bonds is 9. The molecule has 0 atom stereocenters. The lowest BCUT2D eigenvalue weighted by molar-refractivity contribution is -0.367. The molecule has 0 heterocycles. The summed E-state index contributed by atoms with van der Waals surface area (Å²) in [5.74, 6) is -11.3. The molecule has 0 radical (unpaired) electrons. The smallest absolute Gasteiger partial charge is 0.199 e. The van der Waals surface area contributed by atoms with Gasteiger partial charge >= 0.3 is 18.0 Å². The third-order valence-corrected chi connectivity index (χ3v) is 7.30. The molecule has 29 heavy (non-hydrogen) atoms. The molecule has 2 rings (SSSR count). The van der Waals surface area contributed by atoms with Crippen molar-refractivity contribution in [3.63, 3.8) is 0 Å².